The van der Waals surface area contributed by atoms with Crippen molar-refractivity contribution in [2.75, 3.05) is 13.2 Å². The molecule has 0 radical (unpaired) electrons. The van der Waals surface area contributed by atoms with Gasteiger partial charge in [-0.2, -0.15) is 0 Å². The van der Waals surface area contributed by atoms with Gasteiger partial charge < -0.3 is 35.8 Å². The molecule has 4 amide bonds. The molecule has 11 nitrogen and oxygen atoms in total. The molecule has 0 saturated heterocycles. The minimum absolute atomic E-state index is 0.106. The summed E-state index contributed by atoms with van der Waals surface area (Å²) in [5.41, 5.74) is 0.191. The van der Waals surface area contributed by atoms with Crippen LogP contribution in [0.5, 0.6) is 0 Å². The van der Waals surface area contributed by atoms with E-state index in [0.29, 0.717) is 0 Å². The average molecular weight is 599 g/mol. The first-order chi connectivity index (χ1) is 20.1. The van der Waals surface area contributed by atoms with Gasteiger partial charge in [-0.1, -0.05) is 60.7 Å². The lowest BCUT2D eigenvalue weighted by Gasteiger charge is -2.25. The topological polar surface area (TPSA) is 155 Å². The van der Waals surface area contributed by atoms with Crippen LogP contribution in [0.3, 0.4) is 0 Å². The van der Waals surface area contributed by atoms with Crippen molar-refractivity contribution in [1.29, 1.82) is 0 Å². The maximum atomic E-state index is 13.2. The number of hydrogen-bond donors (Lipinski definition) is 5. The van der Waals surface area contributed by atoms with Crippen LogP contribution < -0.4 is 21.3 Å². The Morgan fingerprint density at radius 1 is 0.674 bits per heavy atom. The maximum Gasteiger partial charge on any atom is 0.408 e. The Morgan fingerprint density at radius 2 is 1.09 bits per heavy atom. The standard InChI is InChI=1S/C32H46N4O7/c1-31(2,3)42-29(40)35-25(19-22-13-9-7-10-14-22)27(38)33-18-17-24(21-37)34-28(39)26(20-23-15-11-8-12-16-23)36-30(41)43-32(4,5)6/h7-16,24-26,37H,17-21H2,1-6H3,(H,33,38)(H,34,39)(H,35,40)(H,36,41). The van der Waals surface area contributed by atoms with Crippen molar-refractivity contribution in [3.8, 4) is 0 Å². The van der Waals surface area contributed by atoms with Gasteiger partial charge in [0.05, 0.1) is 12.6 Å². The van der Waals surface area contributed by atoms with Crippen molar-refractivity contribution in [3.63, 3.8) is 0 Å². The van der Waals surface area contributed by atoms with Gasteiger partial charge in [0.15, 0.2) is 0 Å². The van der Waals surface area contributed by atoms with Gasteiger partial charge in [0.2, 0.25) is 11.8 Å². The summed E-state index contributed by atoms with van der Waals surface area (Å²) in [6, 6.07) is 15.9. The second-order valence-corrected chi connectivity index (χ2v) is 12.2. The molecule has 0 aromatic heterocycles. The number of carbonyl (C=O) groups excluding carboxylic acids is 4. The van der Waals surface area contributed by atoms with Gasteiger partial charge in [-0.05, 0) is 59.1 Å². The van der Waals surface area contributed by atoms with Crippen LogP contribution in [0.4, 0.5) is 9.59 Å². The Labute approximate surface area is 254 Å². The normalized spacial score (nSPS) is 13.6. The van der Waals surface area contributed by atoms with E-state index in [1.165, 1.54) is 0 Å². The lowest BCUT2D eigenvalue weighted by molar-refractivity contribution is -0.124. The summed E-state index contributed by atoms with van der Waals surface area (Å²) in [5.74, 6) is -0.945. The molecule has 3 atom stereocenters. The first kappa shape index (κ1) is 35.1. The molecular formula is C32H46N4O7. The molecule has 43 heavy (non-hydrogen) atoms. The molecular weight excluding hydrogens is 552 g/mol. The largest absolute Gasteiger partial charge is 0.444 e. The number of rotatable bonds is 13. The van der Waals surface area contributed by atoms with Crippen LogP contribution in [0.15, 0.2) is 60.7 Å². The van der Waals surface area contributed by atoms with Crippen LogP contribution in [-0.4, -0.2) is 71.6 Å². The molecule has 0 saturated carbocycles. The van der Waals surface area contributed by atoms with Crippen LogP contribution in [0, 0.1) is 0 Å². The van der Waals surface area contributed by atoms with Crippen LogP contribution >= 0.6 is 0 Å². The van der Waals surface area contributed by atoms with Crippen LogP contribution in [0.25, 0.3) is 0 Å². The summed E-state index contributed by atoms with van der Waals surface area (Å²) in [5, 5.41) is 20.8. The number of nitrogens with one attached hydrogen (secondary N) is 4. The zero-order chi connectivity index (χ0) is 32.0. The zero-order valence-corrected chi connectivity index (χ0v) is 25.9. The maximum absolute atomic E-state index is 13.2. The Balaban J connectivity index is 2.02. The highest BCUT2D eigenvalue weighted by Crippen LogP contribution is 2.11. The predicted molar refractivity (Wildman–Crippen MR) is 163 cm³/mol. The number of benzene rings is 2. The SMILES string of the molecule is CC(C)(C)OC(=O)NC(Cc1ccccc1)C(=O)NCCC(CO)NC(=O)C(Cc1ccccc1)NC(=O)OC(C)(C)C. The molecule has 5 N–H and O–H groups in total. The van der Waals surface area contributed by atoms with Gasteiger partial charge in [0, 0.05) is 19.4 Å². The van der Waals surface area contributed by atoms with E-state index in [0.717, 1.165) is 11.1 Å². The molecule has 0 heterocycles. The van der Waals surface area contributed by atoms with E-state index in [-0.39, 0.29) is 25.8 Å². The molecule has 236 valence electrons. The first-order valence-corrected chi connectivity index (χ1v) is 14.4. The second kappa shape index (κ2) is 16.5. The number of hydrogen-bond acceptors (Lipinski definition) is 7. The third-order valence-electron chi connectivity index (χ3n) is 5.94. The van der Waals surface area contributed by atoms with E-state index < -0.39 is 59.9 Å². The summed E-state index contributed by atoms with van der Waals surface area (Å²) in [6.07, 6.45) is -0.811. The van der Waals surface area contributed by atoms with Gasteiger partial charge in [-0.25, -0.2) is 9.59 Å². The van der Waals surface area contributed by atoms with Gasteiger partial charge >= 0.3 is 12.2 Å². The molecule has 0 spiro atoms. The Morgan fingerprint density at radius 3 is 1.49 bits per heavy atom. The third kappa shape index (κ3) is 14.6. The van der Waals surface area contributed by atoms with Crippen LogP contribution in [0.2, 0.25) is 0 Å². The minimum Gasteiger partial charge on any atom is -0.444 e. The molecule has 0 aliphatic rings. The molecule has 2 aromatic carbocycles. The van der Waals surface area contributed by atoms with E-state index in [4.69, 9.17) is 9.47 Å². The van der Waals surface area contributed by atoms with Crippen molar-refractivity contribution in [1.82, 2.24) is 21.3 Å². The lowest BCUT2D eigenvalue weighted by atomic mass is 10.0. The molecule has 0 aliphatic heterocycles. The molecule has 3 unspecified atom stereocenters. The number of aliphatic hydroxyl groups is 1. The molecule has 0 bridgehead atoms. The van der Waals surface area contributed by atoms with Crippen molar-refractivity contribution in [2.24, 2.45) is 0 Å². The van der Waals surface area contributed by atoms with Crippen molar-refractivity contribution >= 4 is 24.0 Å². The van der Waals surface area contributed by atoms with Crippen molar-refractivity contribution < 1.29 is 33.8 Å². The Kier molecular flexibility index (Phi) is 13.5. The highest BCUT2D eigenvalue weighted by atomic mass is 16.6. The first-order valence-electron chi connectivity index (χ1n) is 14.4. The fraction of sp³-hybridized carbons (Fsp3) is 0.500. The summed E-state index contributed by atoms with van der Waals surface area (Å²) >= 11 is 0. The summed E-state index contributed by atoms with van der Waals surface area (Å²) < 4.78 is 10.7. The molecule has 0 fully saturated rings. The highest BCUT2D eigenvalue weighted by Gasteiger charge is 2.27. The highest BCUT2D eigenvalue weighted by molar-refractivity contribution is 5.87. The number of alkyl carbamates (subject to hydrolysis) is 2. The smallest absolute Gasteiger partial charge is 0.408 e. The predicted octanol–water partition coefficient (Wildman–Crippen LogP) is 3.24. The van der Waals surface area contributed by atoms with Gasteiger partial charge in [-0.15, -0.1) is 0 Å². The monoisotopic (exact) mass is 598 g/mol. The molecule has 0 aliphatic carbocycles. The summed E-state index contributed by atoms with van der Waals surface area (Å²) in [4.78, 5) is 51.2. The molecule has 2 aromatic rings. The Hall–Kier alpha value is -4.12. The van der Waals surface area contributed by atoms with Gasteiger partial charge in [0.1, 0.15) is 23.3 Å². The van der Waals surface area contributed by atoms with Gasteiger partial charge in [0.25, 0.3) is 0 Å². The third-order valence-corrected chi connectivity index (χ3v) is 5.94. The summed E-state index contributed by atoms with van der Waals surface area (Å²) in [7, 11) is 0. The summed E-state index contributed by atoms with van der Waals surface area (Å²) in [6.45, 7) is 10.1. The number of carbonyl (C=O) groups is 4. The second-order valence-electron chi connectivity index (χ2n) is 12.2. The van der Waals surface area contributed by atoms with Crippen LogP contribution in [-0.2, 0) is 31.9 Å². The fourth-order valence-corrected chi connectivity index (χ4v) is 4.02. The fourth-order valence-electron chi connectivity index (χ4n) is 4.02. The van der Waals surface area contributed by atoms with Crippen LogP contribution in [0.1, 0.15) is 59.1 Å². The zero-order valence-electron chi connectivity index (χ0n) is 25.9. The molecule has 2 rings (SSSR count). The number of amides is 4. The van der Waals surface area contributed by atoms with E-state index in [9.17, 15) is 24.3 Å². The lowest BCUT2D eigenvalue weighted by Crippen LogP contribution is -2.53. The average Bonchev–Trinajstić information content (AvgIpc) is 2.90. The van der Waals surface area contributed by atoms with Crippen molar-refractivity contribution in [2.45, 2.75) is 90.1 Å². The van der Waals surface area contributed by atoms with E-state index >= 15 is 0 Å². The number of aliphatic hydroxyl groups excluding tert-OH is 1. The quantitative estimate of drug-likeness (QED) is 0.237. The van der Waals surface area contributed by atoms with Crippen molar-refractivity contribution in [3.05, 3.63) is 71.8 Å². The minimum atomic E-state index is -0.964. The van der Waals surface area contributed by atoms with E-state index in [1.54, 1.807) is 41.5 Å². The molecule has 11 heteroatoms. The van der Waals surface area contributed by atoms with Gasteiger partial charge in [-0.3, -0.25) is 9.59 Å². The number of ether oxygens (including phenoxy) is 2. The Bertz CT molecular complexity index is 1180. The van der Waals surface area contributed by atoms with E-state index in [2.05, 4.69) is 21.3 Å². The van der Waals surface area contributed by atoms with E-state index in [1.807, 2.05) is 60.7 Å².